The molecule has 2 heterocycles. The van der Waals surface area contributed by atoms with Crippen molar-refractivity contribution in [1.29, 1.82) is 0 Å². The second-order valence-electron chi connectivity index (χ2n) is 8.33. The normalized spacial score (nSPS) is 17.0. The number of aliphatic imine (C=N–C) groups is 1. The first-order valence-corrected chi connectivity index (χ1v) is 13.9. The van der Waals surface area contributed by atoms with E-state index in [4.69, 9.17) is 26.8 Å². The lowest BCUT2D eigenvalue weighted by Gasteiger charge is -2.34. The number of halogens is 1. The molecule has 1 fully saturated rings. The van der Waals surface area contributed by atoms with Gasteiger partial charge in [-0.2, -0.15) is 5.10 Å². The summed E-state index contributed by atoms with van der Waals surface area (Å²) in [5.41, 5.74) is 3.27. The fourth-order valence-electron chi connectivity index (χ4n) is 3.51. The minimum absolute atomic E-state index is 0.0356. The third-order valence-electron chi connectivity index (χ3n) is 5.56. The number of nitrogens with zero attached hydrogens (tertiary/aromatic N) is 4. The average molecular weight is 541 g/mol. The van der Waals surface area contributed by atoms with Crippen molar-refractivity contribution in [2.75, 3.05) is 19.6 Å². The smallest absolute Gasteiger partial charge is 0.225 e. The zero-order valence-electron chi connectivity index (χ0n) is 20.0. The Bertz CT molecular complexity index is 1170. The monoisotopic (exact) mass is 540 g/mol. The van der Waals surface area contributed by atoms with Crippen molar-refractivity contribution in [3.63, 3.8) is 0 Å². The van der Waals surface area contributed by atoms with Crippen molar-refractivity contribution in [1.82, 2.24) is 14.0 Å². The van der Waals surface area contributed by atoms with E-state index in [2.05, 4.69) is 35.9 Å². The molecule has 1 atom stereocenters. The third-order valence-corrected chi connectivity index (χ3v) is 7.41. The van der Waals surface area contributed by atoms with E-state index in [-0.39, 0.29) is 6.04 Å². The van der Waals surface area contributed by atoms with E-state index in [0.717, 1.165) is 29.1 Å². The summed E-state index contributed by atoms with van der Waals surface area (Å²) in [5, 5.41) is 12.8. The van der Waals surface area contributed by atoms with Crippen LogP contribution in [0.5, 0.6) is 0 Å². The molecule has 3 aromatic carbocycles. The van der Waals surface area contributed by atoms with Gasteiger partial charge in [-0.1, -0.05) is 77.8 Å². The molecule has 0 spiro atoms. The number of hydrogen-bond donors (Lipinski definition) is 2. The van der Waals surface area contributed by atoms with Gasteiger partial charge < -0.3 is 0 Å². The summed E-state index contributed by atoms with van der Waals surface area (Å²) >= 11 is 6.06. The van der Waals surface area contributed by atoms with Crippen LogP contribution in [0.4, 0.5) is 0 Å². The molecule has 10 heteroatoms. The van der Waals surface area contributed by atoms with Crippen LogP contribution in [0.2, 0.25) is 5.02 Å². The minimum atomic E-state index is -1.44. The summed E-state index contributed by atoms with van der Waals surface area (Å²) in [4.78, 5) is 5.91. The van der Waals surface area contributed by atoms with Gasteiger partial charge in [-0.25, -0.2) is 23.7 Å². The van der Waals surface area contributed by atoms with Gasteiger partial charge >= 0.3 is 0 Å². The Labute approximate surface area is 224 Å². The standard InChI is InChI=1S/C20H23ClN6OS2.C6H6/c1-14-2-8-18(9-3-14)29-25-20(23-17-12-26(13-17)30(22)28)27-11-10-19(24-27)15-4-6-16(21)7-5-15;1-2-4-6-5-3-1/h2-9,17H,10-13,22H2,1H3,(H,23,25);1-6H. The van der Waals surface area contributed by atoms with Gasteiger partial charge in [0.2, 0.25) is 5.96 Å². The first-order chi connectivity index (χ1) is 17.5. The minimum Gasteiger partial charge on any atom is -0.295 e. The highest BCUT2D eigenvalue weighted by Gasteiger charge is 2.31. The Kier molecular flexibility index (Phi) is 9.54. The number of benzene rings is 3. The van der Waals surface area contributed by atoms with Crippen LogP contribution in [-0.2, 0) is 11.2 Å². The SMILES string of the molecule is Cc1ccc(SNC(=NC2CN(S(N)=O)C2)N2CCC(c3ccc(Cl)cc3)=N2)cc1.c1ccccc1. The predicted octanol–water partition coefficient (Wildman–Crippen LogP) is 4.62. The first-order valence-electron chi connectivity index (χ1n) is 11.6. The molecule has 3 N–H and O–H groups in total. The third kappa shape index (κ3) is 7.65. The highest BCUT2D eigenvalue weighted by molar-refractivity contribution is 7.98. The summed E-state index contributed by atoms with van der Waals surface area (Å²) in [5.74, 6) is 0.692. The molecule has 188 valence electrons. The molecule has 36 heavy (non-hydrogen) atoms. The highest BCUT2D eigenvalue weighted by Crippen LogP contribution is 2.21. The van der Waals surface area contributed by atoms with Crippen LogP contribution in [0, 0.1) is 6.92 Å². The van der Waals surface area contributed by atoms with Crippen LogP contribution in [-0.4, -0.2) is 50.9 Å². The molecule has 2 aliphatic rings. The molecule has 2 aliphatic heterocycles. The van der Waals surface area contributed by atoms with E-state index in [0.29, 0.717) is 24.1 Å². The van der Waals surface area contributed by atoms with E-state index in [1.165, 1.54) is 17.5 Å². The summed E-state index contributed by atoms with van der Waals surface area (Å²) in [7, 11) is 0. The first kappa shape index (κ1) is 26.4. The molecule has 0 bridgehead atoms. The molecule has 0 radical (unpaired) electrons. The van der Waals surface area contributed by atoms with Crippen LogP contribution < -0.4 is 9.86 Å². The van der Waals surface area contributed by atoms with Gasteiger partial charge in [0, 0.05) is 29.4 Å². The van der Waals surface area contributed by atoms with Gasteiger partial charge in [-0.3, -0.25) is 4.72 Å². The summed E-state index contributed by atoms with van der Waals surface area (Å²) in [6, 6.07) is 28.0. The largest absolute Gasteiger partial charge is 0.295 e. The molecule has 0 amide bonds. The van der Waals surface area contributed by atoms with Gasteiger partial charge in [0.1, 0.15) is 0 Å². The summed E-state index contributed by atoms with van der Waals surface area (Å²) in [6.45, 7) is 3.95. The zero-order chi connectivity index (χ0) is 25.3. The number of aryl methyl sites for hydroxylation is 1. The van der Waals surface area contributed by atoms with Crippen LogP contribution in [0.25, 0.3) is 0 Å². The predicted molar refractivity (Wildman–Crippen MR) is 151 cm³/mol. The maximum atomic E-state index is 11.4. The fraction of sp³-hybridized carbons (Fsp3) is 0.231. The molecule has 0 aliphatic carbocycles. The molecular weight excluding hydrogens is 512 g/mol. The highest BCUT2D eigenvalue weighted by atomic mass is 35.5. The van der Waals surface area contributed by atoms with Gasteiger partial charge in [0.15, 0.2) is 11.2 Å². The van der Waals surface area contributed by atoms with Crippen molar-refractivity contribution in [2.45, 2.75) is 24.3 Å². The maximum absolute atomic E-state index is 11.4. The molecule has 0 aromatic heterocycles. The van der Waals surface area contributed by atoms with Crippen molar-refractivity contribution in [3.8, 4) is 0 Å². The Hall–Kier alpha value is -2.69. The number of nitrogens with two attached hydrogens (primary N) is 1. The Balaban J connectivity index is 0.000000445. The lowest BCUT2D eigenvalue weighted by molar-refractivity contribution is 0.278. The topological polar surface area (TPSA) is 86.3 Å². The Morgan fingerprint density at radius 1 is 1.06 bits per heavy atom. The number of hydrogen-bond acceptors (Lipinski definition) is 4. The number of nitrogens with one attached hydrogen (secondary N) is 1. The molecule has 0 saturated carbocycles. The van der Waals surface area contributed by atoms with Crippen LogP contribution in [0.3, 0.4) is 0 Å². The lowest BCUT2D eigenvalue weighted by atomic mass is 10.1. The van der Waals surface area contributed by atoms with E-state index < -0.39 is 11.2 Å². The molecular formula is C26H29ClN6OS2. The Morgan fingerprint density at radius 2 is 1.67 bits per heavy atom. The van der Waals surface area contributed by atoms with E-state index in [1.807, 2.05) is 65.7 Å². The molecule has 5 rings (SSSR count). The second kappa shape index (κ2) is 13.0. The number of rotatable bonds is 5. The van der Waals surface area contributed by atoms with Crippen molar-refractivity contribution < 1.29 is 4.21 Å². The van der Waals surface area contributed by atoms with E-state index in [1.54, 1.807) is 4.31 Å². The quantitative estimate of drug-likeness (QED) is 0.281. The average Bonchev–Trinajstić information content (AvgIpc) is 3.36. The van der Waals surface area contributed by atoms with Crippen LogP contribution in [0.15, 0.2) is 99.9 Å². The number of guanidine groups is 1. The van der Waals surface area contributed by atoms with Crippen molar-refractivity contribution in [3.05, 3.63) is 101 Å². The van der Waals surface area contributed by atoms with Gasteiger partial charge in [0.05, 0.1) is 18.3 Å². The van der Waals surface area contributed by atoms with Crippen LogP contribution in [0.1, 0.15) is 17.5 Å². The molecule has 3 aromatic rings. The molecule has 1 saturated heterocycles. The van der Waals surface area contributed by atoms with Crippen molar-refractivity contribution in [2.24, 2.45) is 15.2 Å². The molecule has 7 nitrogen and oxygen atoms in total. The fourth-order valence-corrected chi connectivity index (χ4v) is 4.92. The summed E-state index contributed by atoms with van der Waals surface area (Å²) in [6.07, 6.45) is 0.821. The summed E-state index contributed by atoms with van der Waals surface area (Å²) < 4.78 is 16.4. The van der Waals surface area contributed by atoms with Gasteiger partial charge in [-0.15, -0.1) is 0 Å². The van der Waals surface area contributed by atoms with E-state index in [9.17, 15) is 4.21 Å². The second-order valence-corrected chi connectivity index (χ2v) is 10.7. The van der Waals surface area contributed by atoms with Crippen molar-refractivity contribution >= 4 is 46.4 Å². The molecule has 1 unspecified atom stereocenters. The van der Waals surface area contributed by atoms with Crippen LogP contribution >= 0.6 is 23.5 Å². The maximum Gasteiger partial charge on any atom is 0.225 e. The number of hydrazone groups is 1. The Morgan fingerprint density at radius 3 is 2.25 bits per heavy atom. The van der Waals surface area contributed by atoms with Gasteiger partial charge in [0.25, 0.3) is 0 Å². The van der Waals surface area contributed by atoms with E-state index >= 15 is 0 Å². The lowest BCUT2D eigenvalue weighted by Crippen LogP contribution is -2.53. The van der Waals surface area contributed by atoms with Gasteiger partial charge in [-0.05, 0) is 48.7 Å². The zero-order valence-corrected chi connectivity index (χ0v) is 22.3.